The second-order valence-corrected chi connectivity index (χ2v) is 10.7. The van der Waals surface area contributed by atoms with Crippen LogP contribution in [0.2, 0.25) is 0 Å². The molecule has 1 aliphatic heterocycles. The van der Waals surface area contributed by atoms with Crippen LogP contribution in [0.4, 0.5) is 5.82 Å². The van der Waals surface area contributed by atoms with Gasteiger partial charge in [-0.05, 0) is 74.8 Å². The lowest BCUT2D eigenvalue weighted by Crippen LogP contribution is -2.32. The third-order valence-corrected chi connectivity index (χ3v) is 8.19. The highest BCUT2D eigenvalue weighted by atomic mass is 15.2. The van der Waals surface area contributed by atoms with Gasteiger partial charge in [-0.2, -0.15) is 0 Å². The molecule has 3 heteroatoms. The van der Waals surface area contributed by atoms with E-state index in [1.807, 2.05) is 0 Å². The highest BCUT2D eigenvalue weighted by Gasteiger charge is 2.24. The zero-order valence-corrected chi connectivity index (χ0v) is 21.6. The minimum atomic E-state index is 0.776. The Morgan fingerprint density at radius 2 is 1.55 bits per heavy atom. The third kappa shape index (κ3) is 5.78. The Morgan fingerprint density at radius 3 is 2.24 bits per heavy atom. The quantitative estimate of drug-likeness (QED) is 0.454. The van der Waals surface area contributed by atoms with Crippen molar-refractivity contribution >= 4 is 5.82 Å². The van der Waals surface area contributed by atoms with Crippen molar-refractivity contribution < 1.29 is 0 Å². The number of aromatic nitrogens is 2. The van der Waals surface area contributed by atoms with E-state index in [0.717, 1.165) is 50.0 Å². The van der Waals surface area contributed by atoms with Crippen LogP contribution in [-0.4, -0.2) is 23.1 Å². The monoisotopic (exact) mass is 447 g/mol. The fraction of sp³-hybridized carbons (Fsp3) is 0.667. The molecule has 1 aromatic carbocycles. The number of nitrogens with zero attached hydrogens (tertiary/aromatic N) is 3. The summed E-state index contributed by atoms with van der Waals surface area (Å²) in [5.74, 6) is 3.86. The molecule has 2 atom stereocenters. The molecule has 0 amide bonds. The number of hydrogen-bond donors (Lipinski definition) is 0. The Morgan fingerprint density at radius 1 is 0.848 bits per heavy atom. The minimum Gasteiger partial charge on any atom is -0.356 e. The van der Waals surface area contributed by atoms with Gasteiger partial charge >= 0.3 is 0 Å². The zero-order chi connectivity index (χ0) is 23.2. The highest BCUT2D eigenvalue weighted by Crippen LogP contribution is 2.35. The second kappa shape index (κ2) is 11.5. The molecular weight excluding hydrogens is 402 g/mol. The van der Waals surface area contributed by atoms with E-state index < -0.39 is 0 Å². The molecule has 0 bridgehead atoms. The smallest absolute Gasteiger partial charge is 0.162 e. The molecule has 1 saturated heterocycles. The predicted molar refractivity (Wildman–Crippen MR) is 141 cm³/mol. The fourth-order valence-corrected chi connectivity index (χ4v) is 6.06. The van der Waals surface area contributed by atoms with Gasteiger partial charge in [0.2, 0.25) is 0 Å². The van der Waals surface area contributed by atoms with Crippen LogP contribution in [0, 0.1) is 18.8 Å². The number of hydrogen-bond acceptors (Lipinski definition) is 3. The van der Waals surface area contributed by atoms with E-state index in [1.165, 1.54) is 91.6 Å². The number of piperidine rings is 1. The van der Waals surface area contributed by atoms with Gasteiger partial charge in [-0.3, -0.25) is 0 Å². The van der Waals surface area contributed by atoms with Crippen LogP contribution in [0.25, 0.3) is 11.4 Å². The van der Waals surface area contributed by atoms with Crippen LogP contribution in [0.5, 0.6) is 0 Å². The maximum Gasteiger partial charge on any atom is 0.162 e. The standard InChI is InChI=1S/C30H45N3/c1-5-25-15-12-16-26(6-2)28(25)29-31-23(4)27(30(32-29)33-19-10-7-11-20-33)21-24-14-9-8-13-22(3)17-18-24/h12,15-16,22,24H,5-11,13-14,17-21H2,1-4H3. The Bertz CT molecular complexity index is 891. The van der Waals surface area contributed by atoms with Crippen LogP contribution in [0.1, 0.15) is 101 Å². The summed E-state index contributed by atoms with van der Waals surface area (Å²) in [4.78, 5) is 13.2. The molecule has 33 heavy (non-hydrogen) atoms. The SMILES string of the molecule is CCc1cccc(CC)c1-c1nc(C)c(CC2CCCCC(C)CC2)c(N2CCCCC2)n1. The van der Waals surface area contributed by atoms with Gasteiger partial charge in [0.05, 0.1) is 0 Å². The molecule has 2 heterocycles. The van der Waals surface area contributed by atoms with E-state index in [-0.39, 0.29) is 0 Å². The molecule has 1 aliphatic carbocycles. The lowest BCUT2D eigenvalue weighted by Gasteiger charge is -2.32. The molecule has 0 spiro atoms. The first kappa shape index (κ1) is 24.2. The molecule has 1 aromatic heterocycles. The summed E-state index contributed by atoms with van der Waals surface area (Å²) in [5.41, 5.74) is 6.69. The van der Waals surface area contributed by atoms with Crippen LogP contribution in [0.3, 0.4) is 0 Å². The van der Waals surface area contributed by atoms with Crippen LogP contribution >= 0.6 is 0 Å². The molecule has 0 N–H and O–H groups in total. The Balaban J connectivity index is 1.74. The van der Waals surface area contributed by atoms with E-state index >= 15 is 0 Å². The first-order chi connectivity index (χ1) is 16.1. The summed E-state index contributed by atoms with van der Waals surface area (Å²) in [6.45, 7) is 11.5. The lowest BCUT2D eigenvalue weighted by molar-refractivity contribution is 0.324. The van der Waals surface area contributed by atoms with Crippen molar-refractivity contribution in [3.8, 4) is 11.4 Å². The molecule has 3 nitrogen and oxygen atoms in total. The summed E-state index contributed by atoms with van der Waals surface area (Å²) in [6.07, 6.45) is 15.4. The second-order valence-electron chi connectivity index (χ2n) is 10.7. The number of rotatable bonds is 6. The van der Waals surface area contributed by atoms with Crippen LogP contribution < -0.4 is 4.90 Å². The van der Waals surface area contributed by atoms with Crippen molar-refractivity contribution in [3.63, 3.8) is 0 Å². The fourth-order valence-electron chi connectivity index (χ4n) is 6.06. The zero-order valence-electron chi connectivity index (χ0n) is 21.6. The van der Waals surface area contributed by atoms with Gasteiger partial charge < -0.3 is 4.90 Å². The maximum absolute atomic E-state index is 5.38. The number of benzene rings is 1. The third-order valence-electron chi connectivity index (χ3n) is 8.19. The van der Waals surface area contributed by atoms with Crippen LogP contribution in [-0.2, 0) is 19.3 Å². The average molecular weight is 448 g/mol. The van der Waals surface area contributed by atoms with Crippen molar-refractivity contribution in [2.75, 3.05) is 18.0 Å². The first-order valence-electron chi connectivity index (χ1n) is 13.8. The summed E-state index contributed by atoms with van der Waals surface area (Å²) in [6, 6.07) is 6.72. The minimum absolute atomic E-state index is 0.776. The Hall–Kier alpha value is -1.90. The van der Waals surface area contributed by atoms with E-state index in [2.05, 4.69) is 50.8 Å². The van der Waals surface area contributed by atoms with Crippen molar-refractivity contribution in [2.24, 2.45) is 11.8 Å². The molecule has 2 unspecified atom stereocenters. The highest BCUT2D eigenvalue weighted by molar-refractivity contribution is 5.68. The largest absolute Gasteiger partial charge is 0.356 e. The summed E-state index contributed by atoms with van der Waals surface area (Å²) >= 11 is 0. The van der Waals surface area contributed by atoms with Crippen molar-refractivity contribution in [3.05, 3.63) is 40.6 Å². The average Bonchev–Trinajstić information content (AvgIpc) is 2.84. The summed E-state index contributed by atoms with van der Waals surface area (Å²) < 4.78 is 0. The van der Waals surface area contributed by atoms with E-state index in [0.29, 0.717) is 0 Å². The Labute approximate surface area is 202 Å². The topological polar surface area (TPSA) is 29.0 Å². The molecule has 2 aromatic rings. The Kier molecular flexibility index (Phi) is 8.44. The van der Waals surface area contributed by atoms with Crippen molar-refractivity contribution in [2.45, 2.75) is 105 Å². The van der Waals surface area contributed by atoms with Crippen molar-refractivity contribution in [1.29, 1.82) is 0 Å². The van der Waals surface area contributed by atoms with Gasteiger partial charge in [-0.15, -0.1) is 0 Å². The normalized spacial score (nSPS) is 22.1. The molecule has 180 valence electrons. The van der Waals surface area contributed by atoms with Gasteiger partial charge in [-0.25, -0.2) is 9.97 Å². The van der Waals surface area contributed by atoms with Gasteiger partial charge in [0.1, 0.15) is 5.82 Å². The van der Waals surface area contributed by atoms with Crippen molar-refractivity contribution in [1.82, 2.24) is 9.97 Å². The number of anilines is 1. The van der Waals surface area contributed by atoms with E-state index in [9.17, 15) is 0 Å². The van der Waals surface area contributed by atoms with E-state index in [4.69, 9.17) is 9.97 Å². The number of aryl methyl sites for hydroxylation is 3. The van der Waals surface area contributed by atoms with Gasteiger partial charge in [0, 0.05) is 29.9 Å². The summed E-state index contributed by atoms with van der Waals surface area (Å²) in [5, 5.41) is 0. The molecular formula is C30H45N3. The van der Waals surface area contributed by atoms with Crippen LogP contribution in [0.15, 0.2) is 18.2 Å². The molecule has 2 fully saturated rings. The van der Waals surface area contributed by atoms with Gasteiger partial charge in [-0.1, -0.05) is 71.1 Å². The summed E-state index contributed by atoms with van der Waals surface area (Å²) in [7, 11) is 0. The molecule has 1 saturated carbocycles. The van der Waals surface area contributed by atoms with Gasteiger partial charge in [0.15, 0.2) is 5.82 Å². The molecule has 0 radical (unpaired) electrons. The predicted octanol–water partition coefficient (Wildman–Crippen LogP) is 7.72. The van der Waals surface area contributed by atoms with E-state index in [1.54, 1.807) is 0 Å². The molecule has 4 rings (SSSR count). The first-order valence-corrected chi connectivity index (χ1v) is 13.8. The van der Waals surface area contributed by atoms with Gasteiger partial charge in [0.25, 0.3) is 0 Å². The maximum atomic E-state index is 5.38. The molecule has 2 aliphatic rings. The lowest BCUT2D eigenvalue weighted by atomic mass is 9.83.